The summed E-state index contributed by atoms with van der Waals surface area (Å²) in [6.07, 6.45) is 1.98. The molecule has 20 heavy (non-hydrogen) atoms. The van der Waals surface area contributed by atoms with Crippen LogP contribution in [0.5, 0.6) is 0 Å². The normalized spacial score (nSPS) is 21.9. The van der Waals surface area contributed by atoms with Crippen LogP contribution in [0.4, 0.5) is 13.2 Å². The van der Waals surface area contributed by atoms with Crippen molar-refractivity contribution in [1.29, 1.82) is 0 Å². The third-order valence-electron chi connectivity index (χ3n) is 3.80. The van der Waals surface area contributed by atoms with Gasteiger partial charge in [0.1, 0.15) is 0 Å². The van der Waals surface area contributed by atoms with Crippen molar-refractivity contribution in [2.24, 2.45) is 5.73 Å². The number of piperidine rings is 1. The molecule has 1 aliphatic heterocycles. The molecule has 0 bridgehead atoms. The third kappa shape index (κ3) is 3.13. The van der Waals surface area contributed by atoms with Gasteiger partial charge in [-0.15, -0.1) is 0 Å². The molecule has 1 heterocycles. The maximum Gasteiger partial charge on any atom is 0.194 e. The van der Waals surface area contributed by atoms with Gasteiger partial charge in [-0.3, -0.25) is 4.90 Å². The summed E-state index contributed by atoms with van der Waals surface area (Å²) in [7, 11) is 1.64. The zero-order chi connectivity index (χ0) is 14.7. The van der Waals surface area contributed by atoms with Crippen molar-refractivity contribution >= 4 is 0 Å². The Morgan fingerprint density at radius 2 is 2.00 bits per heavy atom. The molecule has 1 aromatic rings. The minimum atomic E-state index is -1.45. The van der Waals surface area contributed by atoms with Crippen molar-refractivity contribution in [1.82, 2.24) is 4.90 Å². The molecule has 112 valence electrons. The highest BCUT2D eigenvalue weighted by atomic mass is 19.2. The molecule has 6 heteroatoms. The van der Waals surface area contributed by atoms with E-state index >= 15 is 0 Å². The van der Waals surface area contributed by atoms with Crippen LogP contribution in [0.1, 0.15) is 24.4 Å². The fourth-order valence-electron chi connectivity index (χ4n) is 2.71. The van der Waals surface area contributed by atoms with Gasteiger partial charge in [0, 0.05) is 26.2 Å². The van der Waals surface area contributed by atoms with Crippen molar-refractivity contribution < 1.29 is 17.9 Å². The molecule has 1 aliphatic rings. The predicted octanol–water partition coefficient (Wildman–Crippen LogP) is 2.21. The van der Waals surface area contributed by atoms with E-state index in [9.17, 15) is 13.2 Å². The number of methoxy groups -OCH3 is 1. The van der Waals surface area contributed by atoms with E-state index in [1.54, 1.807) is 7.11 Å². The number of nitrogens with two attached hydrogens (primary N) is 1. The van der Waals surface area contributed by atoms with Gasteiger partial charge in [-0.2, -0.15) is 0 Å². The molecule has 0 spiro atoms. The van der Waals surface area contributed by atoms with E-state index in [4.69, 9.17) is 10.5 Å². The van der Waals surface area contributed by atoms with Crippen molar-refractivity contribution in [3.05, 3.63) is 35.1 Å². The fourth-order valence-corrected chi connectivity index (χ4v) is 2.71. The number of ether oxygens (including phenoxy) is 1. The van der Waals surface area contributed by atoms with Crippen molar-refractivity contribution in [3.63, 3.8) is 0 Å². The summed E-state index contributed by atoms with van der Waals surface area (Å²) in [5.41, 5.74) is 6.10. The Bertz CT molecular complexity index is 447. The topological polar surface area (TPSA) is 38.5 Å². The molecule has 1 saturated heterocycles. The predicted molar refractivity (Wildman–Crippen MR) is 69.7 cm³/mol. The smallest absolute Gasteiger partial charge is 0.194 e. The second-order valence-corrected chi connectivity index (χ2v) is 5.04. The van der Waals surface area contributed by atoms with E-state index in [1.165, 1.54) is 0 Å². The molecule has 3 nitrogen and oxygen atoms in total. The van der Waals surface area contributed by atoms with Crippen LogP contribution in [0.3, 0.4) is 0 Å². The molecule has 0 amide bonds. The van der Waals surface area contributed by atoms with Gasteiger partial charge in [0.25, 0.3) is 0 Å². The third-order valence-corrected chi connectivity index (χ3v) is 3.80. The molecule has 1 fully saturated rings. The first-order chi connectivity index (χ1) is 9.56. The second kappa shape index (κ2) is 6.56. The van der Waals surface area contributed by atoms with Crippen molar-refractivity contribution in [3.8, 4) is 0 Å². The van der Waals surface area contributed by atoms with Gasteiger partial charge >= 0.3 is 0 Å². The second-order valence-electron chi connectivity index (χ2n) is 5.04. The summed E-state index contributed by atoms with van der Waals surface area (Å²) in [4.78, 5) is 2.03. The lowest BCUT2D eigenvalue weighted by Gasteiger charge is -2.37. The van der Waals surface area contributed by atoms with Gasteiger partial charge in [0.15, 0.2) is 17.5 Å². The van der Waals surface area contributed by atoms with Crippen LogP contribution in [0.2, 0.25) is 0 Å². The molecule has 0 aromatic heterocycles. The summed E-state index contributed by atoms with van der Waals surface area (Å²) in [5.74, 6) is -3.81. The Hall–Kier alpha value is -1.11. The monoisotopic (exact) mass is 288 g/mol. The van der Waals surface area contributed by atoms with Gasteiger partial charge in [-0.25, -0.2) is 13.2 Å². The average molecular weight is 288 g/mol. The Balaban J connectivity index is 2.23. The largest absolute Gasteiger partial charge is 0.380 e. The van der Waals surface area contributed by atoms with Crippen LogP contribution < -0.4 is 5.73 Å². The lowest BCUT2D eigenvalue weighted by Crippen LogP contribution is -2.43. The molecule has 2 N–H and O–H groups in total. The Morgan fingerprint density at radius 1 is 1.35 bits per heavy atom. The molecule has 2 rings (SSSR count). The van der Waals surface area contributed by atoms with Crippen LogP contribution in [-0.4, -0.2) is 37.7 Å². The van der Waals surface area contributed by atoms with E-state index in [1.807, 2.05) is 4.90 Å². The van der Waals surface area contributed by atoms with Gasteiger partial charge in [-0.1, -0.05) is 0 Å². The van der Waals surface area contributed by atoms with Gasteiger partial charge in [0.2, 0.25) is 0 Å². The maximum atomic E-state index is 13.3. The molecule has 2 atom stereocenters. The zero-order valence-corrected chi connectivity index (χ0v) is 11.4. The van der Waals surface area contributed by atoms with Gasteiger partial charge < -0.3 is 10.5 Å². The van der Waals surface area contributed by atoms with E-state index in [-0.39, 0.29) is 18.7 Å². The highest BCUT2D eigenvalue weighted by molar-refractivity contribution is 5.23. The molecule has 2 unspecified atom stereocenters. The van der Waals surface area contributed by atoms with Crippen molar-refractivity contribution in [2.45, 2.75) is 25.0 Å². The number of hydrogen-bond donors (Lipinski definition) is 1. The first kappa shape index (κ1) is 15.3. The minimum Gasteiger partial charge on any atom is -0.380 e. The van der Waals surface area contributed by atoms with Gasteiger partial charge in [0.05, 0.1) is 6.10 Å². The van der Waals surface area contributed by atoms with Crippen LogP contribution in [-0.2, 0) is 4.74 Å². The van der Waals surface area contributed by atoms with E-state index in [2.05, 4.69) is 0 Å². The standard InChI is InChI=1S/C14H19F3N2O/c1-20-10-3-2-4-19(8-10)13(7-18)9-5-11(15)14(17)12(16)6-9/h5-6,10,13H,2-4,7-8,18H2,1H3. The molecular formula is C14H19F3N2O. The summed E-state index contributed by atoms with van der Waals surface area (Å²) in [5, 5.41) is 0. The number of nitrogens with zero attached hydrogens (tertiary/aromatic N) is 1. The number of likely N-dealkylation sites (tertiary alicyclic amines) is 1. The van der Waals surface area contributed by atoms with Crippen LogP contribution in [0.15, 0.2) is 12.1 Å². The minimum absolute atomic E-state index is 0.0907. The highest BCUT2D eigenvalue weighted by Crippen LogP contribution is 2.27. The molecular weight excluding hydrogens is 269 g/mol. The molecule has 0 aliphatic carbocycles. The van der Waals surface area contributed by atoms with Crippen LogP contribution in [0, 0.1) is 17.5 Å². The number of halogens is 3. The lowest BCUT2D eigenvalue weighted by molar-refractivity contribution is 0.0154. The number of rotatable bonds is 4. The summed E-state index contributed by atoms with van der Waals surface area (Å²) in [6, 6.07) is 1.70. The Kier molecular flexibility index (Phi) is 5.01. The van der Waals surface area contributed by atoms with Crippen LogP contribution in [0.25, 0.3) is 0 Å². The molecule has 1 aromatic carbocycles. The summed E-state index contributed by atoms with van der Waals surface area (Å²) in [6.45, 7) is 1.64. The quantitative estimate of drug-likeness (QED) is 0.863. The van der Waals surface area contributed by atoms with E-state index in [0.29, 0.717) is 12.1 Å². The number of benzene rings is 1. The number of hydrogen-bond acceptors (Lipinski definition) is 3. The highest BCUT2D eigenvalue weighted by Gasteiger charge is 2.27. The zero-order valence-electron chi connectivity index (χ0n) is 11.4. The maximum absolute atomic E-state index is 13.3. The SMILES string of the molecule is COC1CCCN(C(CN)c2cc(F)c(F)c(F)c2)C1. The first-order valence-electron chi connectivity index (χ1n) is 6.68. The summed E-state index contributed by atoms with van der Waals surface area (Å²) >= 11 is 0. The Morgan fingerprint density at radius 3 is 2.55 bits per heavy atom. The van der Waals surface area contributed by atoms with E-state index in [0.717, 1.165) is 31.5 Å². The van der Waals surface area contributed by atoms with Crippen LogP contribution >= 0.6 is 0 Å². The molecule has 0 radical (unpaired) electrons. The average Bonchev–Trinajstić information content (AvgIpc) is 2.45. The summed E-state index contributed by atoms with van der Waals surface area (Å²) < 4.78 is 45.0. The van der Waals surface area contributed by atoms with Crippen molar-refractivity contribution in [2.75, 3.05) is 26.7 Å². The lowest BCUT2D eigenvalue weighted by atomic mass is 10.00. The van der Waals surface area contributed by atoms with E-state index < -0.39 is 17.5 Å². The first-order valence-corrected chi connectivity index (χ1v) is 6.68. The van der Waals surface area contributed by atoms with Gasteiger partial charge in [-0.05, 0) is 37.1 Å². The molecule has 0 saturated carbocycles. The Labute approximate surface area is 116 Å². The fraction of sp³-hybridized carbons (Fsp3) is 0.571.